The van der Waals surface area contributed by atoms with Crippen molar-refractivity contribution in [2.24, 2.45) is 0 Å². The van der Waals surface area contributed by atoms with Gasteiger partial charge in [-0.05, 0) is 36.6 Å². The van der Waals surface area contributed by atoms with Gasteiger partial charge in [0.1, 0.15) is 11.0 Å². The van der Waals surface area contributed by atoms with E-state index in [-0.39, 0.29) is 11.0 Å². The maximum atomic E-state index is 12.7. The number of aryl methyl sites for hydroxylation is 1. The molecular weight excluding hydrogens is 301 g/mol. The molecule has 112 valence electrons. The Morgan fingerprint density at radius 2 is 1.90 bits per heavy atom. The van der Waals surface area contributed by atoms with E-state index in [0.29, 0.717) is 13.0 Å². The van der Waals surface area contributed by atoms with E-state index in [1.54, 1.807) is 0 Å². The summed E-state index contributed by atoms with van der Waals surface area (Å²) in [6.07, 6.45) is -3.73. The van der Waals surface area contributed by atoms with Gasteiger partial charge in [-0.1, -0.05) is 35.9 Å². The average Bonchev–Trinajstić information content (AvgIpc) is 2.39. The molecule has 0 radical (unpaired) electrons. The van der Waals surface area contributed by atoms with E-state index in [2.05, 4.69) is 10.3 Å². The van der Waals surface area contributed by atoms with E-state index in [1.165, 1.54) is 0 Å². The number of hydrogen-bond acceptors (Lipinski definition) is 2. The van der Waals surface area contributed by atoms with Crippen LogP contribution in [-0.4, -0.2) is 11.5 Å². The van der Waals surface area contributed by atoms with Gasteiger partial charge >= 0.3 is 6.18 Å². The van der Waals surface area contributed by atoms with E-state index >= 15 is 0 Å². The standard InChI is InChI=1S/C15H14ClF3N2/c1-10-4-2-3-5-11(10)6-7-20-14-9-12(15(17,18)19)8-13(16)21-14/h2-5,8-9H,6-7H2,1H3,(H,20,21). The number of halogens is 4. The monoisotopic (exact) mass is 314 g/mol. The zero-order valence-electron chi connectivity index (χ0n) is 11.3. The summed E-state index contributed by atoms with van der Waals surface area (Å²) in [6, 6.07) is 9.64. The molecule has 2 nitrogen and oxygen atoms in total. The molecule has 1 N–H and O–H groups in total. The van der Waals surface area contributed by atoms with Gasteiger partial charge in [0.25, 0.3) is 0 Å². The normalized spacial score (nSPS) is 11.5. The molecule has 2 rings (SSSR count). The lowest BCUT2D eigenvalue weighted by atomic mass is 10.1. The van der Waals surface area contributed by atoms with Gasteiger partial charge in [-0.2, -0.15) is 13.2 Å². The average molecular weight is 315 g/mol. The van der Waals surface area contributed by atoms with Crippen LogP contribution in [0.2, 0.25) is 5.15 Å². The Morgan fingerprint density at radius 3 is 2.57 bits per heavy atom. The number of rotatable bonds is 4. The zero-order valence-corrected chi connectivity index (χ0v) is 12.1. The van der Waals surface area contributed by atoms with Crippen LogP contribution in [0.15, 0.2) is 36.4 Å². The summed E-state index contributed by atoms with van der Waals surface area (Å²) in [7, 11) is 0. The number of pyridine rings is 1. The molecule has 0 aliphatic carbocycles. The number of hydrogen-bond donors (Lipinski definition) is 1. The second-order valence-corrected chi connectivity index (χ2v) is 5.05. The highest BCUT2D eigenvalue weighted by Crippen LogP contribution is 2.31. The Bertz CT molecular complexity index is 627. The first kappa shape index (κ1) is 15.6. The Morgan fingerprint density at radius 1 is 1.19 bits per heavy atom. The Kier molecular flexibility index (Phi) is 4.73. The molecule has 0 bridgehead atoms. The maximum Gasteiger partial charge on any atom is 0.416 e. The van der Waals surface area contributed by atoms with E-state index in [1.807, 2.05) is 31.2 Å². The molecule has 0 saturated heterocycles. The molecule has 2 aromatic rings. The molecular formula is C15H14ClF3N2. The molecule has 6 heteroatoms. The number of benzene rings is 1. The number of anilines is 1. The Hall–Kier alpha value is -1.75. The van der Waals surface area contributed by atoms with Crippen LogP contribution in [0.1, 0.15) is 16.7 Å². The van der Waals surface area contributed by atoms with Gasteiger partial charge in [-0.3, -0.25) is 0 Å². The SMILES string of the molecule is Cc1ccccc1CCNc1cc(C(F)(F)F)cc(Cl)n1. The van der Waals surface area contributed by atoms with Crippen LogP contribution in [0.4, 0.5) is 19.0 Å². The highest BCUT2D eigenvalue weighted by atomic mass is 35.5. The fraction of sp³-hybridized carbons (Fsp3) is 0.267. The number of nitrogens with one attached hydrogen (secondary N) is 1. The first-order valence-corrected chi connectivity index (χ1v) is 6.77. The summed E-state index contributed by atoms with van der Waals surface area (Å²) >= 11 is 5.63. The van der Waals surface area contributed by atoms with Crippen molar-refractivity contribution in [1.29, 1.82) is 0 Å². The van der Waals surface area contributed by atoms with Gasteiger partial charge in [0.15, 0.2) is 0 Å². The van der Waals surface area contributed by atoms with Crippen LogP contribution < -0.4 is 5.32 Å². The van der Waals surface area contributed by atoms with Crippen molar-refractivity contribution in [3.8, 4) is 0 Å². The van der Waals surface area contributed by atoms with Crippen molar-refractivity contribution in [1.82, 2.24) is 4.98 Å². The molecule has 0 unspecified atom stereocenters. The second kappa shape index (κ2) is 6.35. The van der Waals surface area contributed by atoms with Crippen molar-refractivity contribution in [3.63, 3.8) is 0 Å². The van der Waals surface area contributed by atoms with Crippen LogP contribution in [0, 0.1) is 6.92 Å². The van der Waals surface area contributed by atoms with Gasteiger partial charge < -0.3 is 5.32 Å². The lowest BCUT2D eigenvalue weighted by Crippen LogP contribution is -2.10. The Labute approximate surface area is 126 Å². The summed E-state index contributed by atoms with van der Waals surface area (Å²) in [4.78, 5) is 3.86. The fourth-order valence-electron chi connectivity index (χ4n) is 1.97. The summed E-state index contributed by atoms with van der Waals surface area (Å²) < 4.78 is 38.0. The molecule has 0 spiro atoms. The number of nitrogens with zero attached hydrogens (tertiary/aromatic N) is 1. The molecule has 1 aromatic carbocycles. The molecule has 0 amide bonds. The largest absolute Gasteiger partial charge is 0.416 e. The van der Waals surface area contributed by atoms with E-state index < -0.39 is 11.7 Å². The number of alkyl halides is 3. The third kappa shape index (κ3) is 4.36. The highest BCUT2D eigenvalue weighted by molar-refractivity contribution is 6.29. The molecule has 0 fully saturated rings. The molecule has 1 aromatic heterocycles. The van der Waals surface area contributed by atoms with Crippen LogP contribution >= 0.6 is 11.6 Å². The second-order valence-electron chi connectivity index (χ2n) is 4.66. The minimum Gasteiger partial charge on any atom is -0.370 e. The molecule has 0 aliphatic rings. The number of aromatic nitrogens is 1. The van der Waals surface area contributed by atoms with E-state index in [4.69, 9.17) is 11.6 Å². The predicted molar refractivity (Wildman–Crippen MR) is 77.6 cm³/mol. The summed E-state index contributed by atoms with van der Waals surface area (Å²) in [5.41, 5.74) is 1.48. The first-order valence-electron chi connectivity index (χ1n) is 6.39. The zero-order chi connectivity index (χ0) is 15.5. The minimum absolute atomic E-state index is 0.128. The van der Waals surface area contributed by atoms with Crippen LogP contribution in [0.3, 0.4) is 0 Å². The van der Waals surface area contributed by atoms with E-state index in [9.17, 15) is 13.2 Å². The summed E-state index contributed by atoms with van der Waals surface area (Å²) in [5, 5.41) is 2.70. The Balaban J connectivity index is 2.04. The minimum atomic E-state index is -4.43. The molecule has 21 heavy (non-hydrogen) atoms. The van der Waals surface area contributed by atoms with Gasteiger partial charge in [-0.25, -0.2) is 4.98 Å². The fourth-order valence-corrected chi connectivity index (χ4v) is 2.18. The summed E-state index contributed by atoms with van der Waals surface area (Å²) in [6.45, 7) is 2.48. The lowest BCUT2D eigenvalue weighted by Gasteiger charge is -2.11. The van der Waals surface area contributed by atoms with Crippen molar-refractivity contribution < 1.29 is 13.2 Å². The third-order valence-corrected chi connectivity index (χ3v) is 3.28. The topological polar surface area (TPSA) is 24.9 Å². The molecule has 0 atom stereocenters. The van der Waals surface area contributed by atoms with Crippen LogP contribution in [0.25, 0.3) is 0 Å². The van der Waals surface area contributed by atoms with Crippen molar-refractivity contribution in [2.45, 2.75) is 19.5 Å². The predicted octanol–water partition coefficient (Wildman–Crippen LogP) is 4.72. The quantitative estimate of drug-likeness (QED) is 0.826. The smallest absolute Gasteiger partial charge is 0.370 e. The van der Waals surface area contributed by atoms with Crippen molar-refractivity contribution in [2.75, 3.05) is 11.9 Å². The van der Waals surface area contributed by atoms with Crippen molar-refractivity contribution in [3.05, 3.63) is 58.2 Å². The van der Waals surface area contributed by atoms with Gasteiger partial charge in [0.2, 0.25) is 0 Å². The van der Waals surface area contributed by atoms with Crippen LogP contribution in [-0.2, 0) is 12.6 Å². The van der Waals surface area contributed by atoms with Crippen molar-refractivity contribution >= 4 is 17.4 Å². The highest BCUT2D eigenvalue weighted by Gasteiger charge is 2.31. The maximum absolute atomic E-state index is 12.7. The van der Waals surface area contributed by atoms with Gasteiger partial charge in [0, 0.05) is 6.54 Å². The lowest BCUT2D eigenvalue weighted by molar-refractivity contribution is -0.137. The van der Waals surface area contributed by atoms with Gasteiger partial charge in [0.05, 0.1) is 5.56 Å². The summed E-state index contributed by atoms with van der Waals surface area (Å²) in [5.74, 6) is 0.128. The third-order valence-electron chi connectivity index (χ3n) is 3.08. The first-order chi connectivity index (χ1) is 9.86. The van der Waals surface area contributed by atoms with Gasteiger partial charge in [-0.15, -0.1) is 0 Å². The van der Waals surface area contributed by atoms with E-state index in [0.717, 1.165) is 23.3 Å². The van der Waals surface area contributed by atoms with Crippen LogP contribution in [0.5, 0.6) is 0 Å². The molecule has 0 saturated carbocycles. The molecule has 1 heterocycles. The molecule has 0 aliphatic heterocycles.